The largest absolute Gasteiger partial charge is 0.326 e. The molecule has 2 aromatic rings. The van der Waals surface area contributed by atoms with Gasteiger partial charge in [-0.05, 0) is 12.8 Å². The molecular formula is C12H14N4O. The number of rotatable bonds is 3. The molecule has 88 valence electrons. The summed E-state index contributed by atoms with van der Waals surface area (Å²) in [6.07, 6.45) is 3.37. The van der Waals surface area contributed by atoms with E-state index in [4.69, 9.17) is 5.26 Å². The van der Waals surface area contributed by atoms with Crippen molar-refractivity contribution >= 4 is 11.0 Å². The maximum absolute atomic E-state index is 11.9. The smallest absolute Gasteiger partial charge is 0.305 e. The Hall–Kier alpha value is -2.09. The van der Waals surface area contributed by atoms with Crippen molar-refractivity contribution in [2.45, 2.75) is 32.7 Å². The summed E-state index contributed by atoms with van der Waals surface area (Å²) in [5.41, 5.74) is 1.62. The Morgan fingerprint density at radius 1 is 1.53 bits per heavy atom. The lowest BCUT2D eigenvalue weighted by Crippen LogP contribution is -2.21. The van der Waals surface area contributed by atoms with Crippen molar-refractivity contribution in [3.05, 3.63) is 28.4 Å². The maximum atomic E-state index is 11.9. The van der Waals surface area contributed by atoms with Gasteiger partial charge in [-0.1, -0.05) is 13.8 Å². The molecule has 0 saturated carbocycles. The molecule has 5 nitrogen and oxygen atoms in total. The van der Waals surface area contributed by atoms with Gasteiger partial charge in [-0.25, -0.2) is 9.78 Å². The molecule has 0 unspecified atom stereocenters. The molecule has 1 N–H and O–H groups in total. The van der Waals surface area contributed by atoms with Crippen molar-refractivity contribution in [3.63, 3.8) is 0 Å². The molecule has 0 aliphatic rings. The van der Waals surface area contributed by atoms with Crippen LogP contribution < -0.4 is 5.69 Å². The second-order valence-electron chi connectivity index (χ2n) is 3.97. The van der Waals surface area contributed by atoms with Crippen LogP contribution in [0, 0.1) is 11.3 Å². The molecule has 0 amide bonds. The number of aromatic nitrogens is 3. The molecule has 17 heavy (non-hydrogen) atoms. The summed E-state index contributed by atoms with van der Waals surface area (Å²) in [5.74, 6) is 0. The first kappa shape index (κ1) is 11.4. The standard InChI is InChI=1S/C12H14N4O/c1-3-9(4-2)16-11-7-14-8(6-13)5-10(11)15-12(16)17/h5,7,9H,3-4H2,1-2H3,(H,15,17). The van der Waals surface area contributed by atoms with Crippen molar-refractivity contribution in [2.75, 3.05) is 0 Å². The molecule has 0 saturated heterocycles. The fourth-order valence-corrected chi connectivity index (χ4v) is 2.10. The van der Waals surface area contributed by atoms with Crippen molar-refractivity contribution in [1.82, 2.24) is 14.5 Å². The Balaban J connectivity index is 2.69. The van der Waals surface area contributed by atoms with Crippen molar-refractivity contribution in [2.24, 2.45) is 0 Å². The molecule has 2 aromatic heterocycles. The predicted octanol–water partition coefficient (Wildman–Crippen LogP) is 1.96. The molecule has 0 fully saturated rings. The minimum Gasteiger partial charge on any atom is -0.305 e. The lowest BCUT2D eigenvalue weighted by atomic mass is 10.1. The molecule has 0 radical (unpaired) electrons. The first-order valence-electron chi connectivity index (χ1n) is 5.71. The van der Waals surface area contributed by atoms with Gasteiger partial charge in [0.2, 0.25) is 0 Å². The number of imidazole rings is 1. The lowest BCUT2D eigenvalue weighted by molar-refractivity contribution is 0.471. The van der Waals surface area contributed by atoms with Crippen LogP contribution >= 0.6 is 0 Å². The van der Waals surface area contributed by atoms with Crippen LogP contribution in [0.15, 0.2) is 17.1 Å². The number of fused-ring (bicyclic) bond motifs is 1. The number of aromatic amines is 1. The Kier molecular flexibility index (Phi) is 2.96. The fourth-order valence-electron chi connectivity index (χ4n) is 2.10. The van der Waals surface area contributed by atoms with Crippen LogP contribution in [-0.4, -0.2) is 14.5 Å². The number of hydrogen-bond donors (Lipinski definition) is 1. The van der Waals surface area contributed by atoms with E-state index in [0.717, 1.165) is 18.4 Å². The quantitative estimate of drug-likeness (QED) is 0.875. The van der Waals surface area contributed by atoms with Crippen LogP contribution in [0.4, 0.5) is 0 Å². The molecule has 0 aliphatic heterocycles. The van der Waals surface area contributed by atoms with E-state index < -0.39 is 0 Å². The first-order chi connectivity index (χ1) is 8.21. The number of nitrogens with one attached hydrogen (secondary N) is 1. The molecule has 0 spiro atoms. The van der Waals surface area contributed by atoms with Crippen molar-refractivity contribution in [3.8, 4) is 6.07 Å². The number of nitrogens with zero attached hydrogens (tertiary/aromatic N) is 3. The first-order valence-corrected chi connectivity index (χ1v) is 5.71. The third-order valence-corrected chi connectivity index (χ3v) is 3.03. The maximum Gasteiger partial charge on any atom is 0.326 e. The summed E-state index contributed by atoms with van der Waals surface area (Å²) in [6.45, 7) is 4.10. The van der Waals surface area contributed by atoms with Gasteiger partial charge in [0.05, 0.1) is 17.2 Å². The summed E-state index contributed by atoms with van der Waals surface area (Å²) in [4.78, 5) is 18.7. The molecule has 2 rings (SSSR count). The SMILES string of the molecule is CCC(CC)n1c(=O)[nH]c2cc(C#N)ncc21. The van der Waals surface area contributed by atoms with Crippen LogP contribution in [0.25, 0.3) is 11.0 Å². The van der Waals surface area contributed by atoms with E-state index >= 15 is 0 Å². The Bertz CT molecular complexity index is 628. The number of H-pyrrole nitrogens is 1. The number of hydrogen-bond acceptors (Lipinski definition) is 3. The van der Waals surface area contributed by atoms with Gasteiger partial charge in [0, 0.05) is 12.1 Å². The highest BCUT2D eigenvalue weighted by Gasteiger charge is 2.14. The van der Waals surface area contributed by atoms with Crippen LogP contribution in [0.1, 0.15) is 38.4 Å². The van der Waals surface area contributed by atoms with E-state index in [-0.39, 0.29) is 11.7 Å². The minimum atomic E-state index is -0.134. The van der Waals surface area contributed by atoms with Crippen LogP contribution in [-0.2, 0) is 0 Å². The topological polar surface area (TPSA) is 74.5 Å². The molecule has 0 atom stereocenters. The predicted molar refractivity (Wildman–Crippen MR) is 64.7 cm³/mol. The number of nitriles is 1. The Morgan fingerprint density at radius 2 is 2.24 bits per heavy atom. The van der Waals surface area contributed by atoms with Crippen molar-refractivity contribution in [1.29, 1.82) is 5.26 Å². The van der Waals surface area contributed by atoms with Gasteiger partial charge in [-0.2, -0.15) is 5.26 Å². The average Bonchev–Trinajstić information content (AvgIpc) is 2.67. The highest BCUT2D eigenvalue weighted by Crippen LogP contribution is 2.19. The third kappa shape index (κ3) is 1.82. The minimum absolute atomic E-state index is 0.134. The van der Waals surface area contributed by atoms with Gasteiger partial charge >= 0.3 is 5.69 Å². The molecule has 2 heterocycles. The summed E-state index contributed by atoms with van der Waals surface area (Å²) in [5, 5.41) is 8.76. The van der Waals surface area contributed by atoms with Crippen LogP contribution in [0.2, 0.25) is 0 Å². The summed E-state index contributed by atoms with van der Waals surface area (Å²) in [7, 11) is 0. The van der Waals surface area contributed by atoms with Crippen LogP contribution in [0.3, 0.4) is 0 Å². The van der Waals surface area contributed by atoms with Gasteiger partial charge in [0.1, 0.15) is 11.8 Å². The summed E-state index contributed by atoms with van der Waals surface area (Å²) < 4.78 is 1.73. The van der Waals surface area contributed by atoms with E-state index in [1.807, 2.05) is 6.07 Å². The van der Waals surface area contributed by atoms with Gasteiger partial charge in [0.15, 0.2) is 0 Å². The molecular weight excluding hydrogens is 216 g/mol. The van der Waals surface area contributed by atoms with E-state index in [2.05, 4.69) is 23.8 Å². The highest BCUT2D eigenvalue weighted by atomic mass is 16.1. The van der Waals surface area contributed by atoms with Gasteiger partial charge in [0.25, 0.3) is 0 Å². The Labute approximate surface area is 98.7 Å². The monoisotopic (exact) mass is 230 g/mol. The van der Waals surface area contributed by atoms with Gasteiger partial charge in [-0.3, -0.25) is 4.57 Å². The van der Waals surface area contributed by atoms with E-state index in [1.165, 1.54) is 0 Å². The molecule has 5 heteroatoms. The summed E-state index contributed by atoms with van der Waals surface area (Å²) >= 11 is 0. The van der Waals surface area contributed by atoms with E-state index in [0.29, 0.717) is 11.2 Å². The molecule has 0 bridgehead atoms. The second-order valence-corrected chi connectivity index (χ2v) is 3.97. The highest BCUT2D eigenvalue weighted by molar-refractivity contribution is 5.75. The Morgan fingerprint density at radius 3 is 2.82 bits per heavy atom. The molecule has 0 aliphatic carbocycles. The van der Waals surface area contributed by atoms with Crippen molar-refractivity contribution < 1.29 is 0 Å². The number of pyridine rings is 1. The zero-order valence-electron chi connectivity index (χ0n) is 9.90. The molecule has 0 aromatic carbocycles. The van der Waals surface area contributed by atoms with E-state index in [1.54, 1.807) is 16.8 Å². The zero-order valence-corrected chi connectivity index (χ0v) is 9.90. The lowest BCUT2D eigenvalue weighted by Gasteiger charge is -2.13. The average molecular weight is 230 g/mol. The van der Waals surface area contributed by atoms with Gasteiger partial charge < -0.3 is 4.98 Å². The zero-order chi connectivity index (χ0) is 12.4. The normalized spacial score (nSPS) is 10.9. The second kappa shape index (κ2) is 4.42. The summed E-state index contributed by atoms with van der Waals surface area (Å²) in [6, 6.07) is 3.74. The van der Waals surface area contributed by atoms with Crippen LogP contribution in [0.5, 0.6) is 0 Å². The fraction of sp³-hybridized carbons (Fsp3) is 0.417. The third-order valence-electron chi connectivity index (χ3n) is 3.03. The van der Waals surface area contributed by atoms with E-state index in [9.17, 15) is 4.79 Å². The van der Waals surface area contributed by atoms with Gasteiger partial charge in [-0.15, -0.1) is 0 Å².